The highest BCUT2D eigenvalue weighted by Gasteiger charge is 2.33. The summed E-state index contributed by atoms with van der Waals surface area (Å²) in [7, 11) is -1.72. The Morgan fingerprint density at radius 1 is 1.41 bits per heavy atom. The van der Waals surface area contributed by atoms with Gasteiger partial charge in [0.1, 0.15) is 14.1 Å². The standard InChI is InChI=1S/C16H28N2O3Si/c1-16(2,3)22(4,5)10-6-7-13(14(17)19)18-15(20)12-8-9-21-11-12/h12-13H,7-9,11H2,1-5H3,(H2,17,19)(H,18,20)/t12-,13+/m0/s1. The van der Waals surface area contributed by atoms with Crippen molar-refractivity contribution in [3.8, 4) is 11.5 Å². The van der Waals surface area contributed by atoms with E-state index in [0.717, 1.165) is 0 Å². The van der Waals surface area contributed by atoms with Crippen molar-refractivity contribution in [1.82, 2.24) is 5.32 Å². The first kappa shape index (κ1) is 18.7. The van der Waals surface area contributed by atoms with Gasteiger partial charge in [0, 0.05) is 13.0 Å². The summed E-state index contributed by atoms with van der Waals surface area (Å²) in [4.78, 5) is 23.6. The zero-order valence-electron chi connectivity index (χ0n) is 14.3. The monoisotopic (exact) mass is 324 g/mol. The van der Waals surface area contributed by atoms with Gasteiger partial charge in [-0.05, 0) is 11.5 Å². The van der Waals surface area contributed by atoms with Gasteiger partial charge in [-0.2, -0.15) is 0 Å². The minimum Gasteiger partial charge on any atom is -0.381 e. The third-order valence-corrected chi connectivity index (χ3v) is 9.09. The summed E-state index contributed by atoms with van der Waals surface area (Å²) >= 11 is 0. The maximum absolute atomic E-state index is 12.0. The number of nitrogens with two attached hydrogens (primary N) is 1. The lowest BCUT2D eigenvalue weighted by Crippen LogP contribution is -2.46. The smallest absolute Gasteiger partial charge is 0.240 e. The molecule has 1 saturated heterocycles. The van der Waals surface area contributed by atoms with Crippen LogP contribution in [0.2, 0.25) is 18.1 Å². The Labute approximate surface area is 134 Å². The molecule has 5 nitrogen and oxygen atoms in total. The number of amides is 2. The van der Waals surface area contributed by atoms with Crippen molar-refractivity contribution in [3.05, 3.63) is 0 Å². The number of hydrogen-bond acceptors (Lipinski definition) is 3. The fraction of sp³-hybridized carbons (Fsp3) is 0.750. The third-order valence-electron chi connectivity index (χ3n) is 4.54. The number of nitrogens with one attached hydrogen (secondary N) is 1. The predicted molar refractivity (Wildman–Crippen MR) is 89.6 cm³/mol. The second-order valence-corrected chi connectivity index (χ2v) is 12.4. The van der Waals surface area contributed by atoms with Gasteiger partial charge < -0.3 is 15.8 Å². The normalized spacial score (nSPS) is 20.0. The summed E-state index contributed by atoms with van der Waals surface area (Å²) in [6.45, 7) is 11.9. The molecule has 3 N–H and O–H groups in total. The van der Waals surface area contributed by atoms with Crippen LogP contribution < -0.4 is 11.1 Å². The van der Waals surface area contributed by atoms with E-state index in [1.165, 1.54) is 0 Å². The number of rotatable bonds is 4. The highest BCUT2D eigenvalue weighted by Crippen LogP contribution is 2.35. The molecule has 0 aromatic carbocycles. The van der Waals surface area contributed by atoms with Crippen LogP contribution in [0, 0.1) is 17.4 Å². The van der Waals surface area contributed by atoms with Crippen molar-refractivity contribution >= 4 is 19.9 Å². The molecule has 0 aromatic rings. The number of ether oxygens (including phenoxy) is 1. The molecular formula is C16H28N2O3Si. The number of carbonyl (C=O) groups is 2. The van der Waals surface area contributed by atoms with Crippen molar-refractivity contribution < 1.29 is 14.3 Å². The van der Waals surface area contributed by atoms with Crippen LogP contribution in [-0.4, -0.2) is 39.1 Å². The summed E-state index contributed by atoms with van der Waals surface area (Å²) in [6.07, 6.45) is 0.953. The minimum atomic E-state index is -1.72. The third kappa shape index (κ3) is 5.15. The molecule has 22 heavy (non-hydrogen) atoms. The fourth-order valence-corrected chi connectivity index (χ4v) is 2.73. The summed E-state index contributed by atoms with van der Waals surface area (Å²) in [5.41, 5.74) is 8.71. The molecule has 0 spiro atoms. The van der Waals surface area contributed by atoms with Crippen molar-refractivity contribution in [1.29, 1.82) is 0 Å². The van der Waals surface area contributed by atoms with Gasteiger partial charge in [-0.3, -0.25) is 9.59 Å². The van der Waals surface area contributed by atoms with E-state index < -0.39 is 20.0 Å². The first-order valence-corrected chi connectivity index (χ1v) is 10.7. The fourth-order valence-electron chi connectivity index (χ4n) is 1.82. The zero-order chi connectivity index (χ0) is 17.0. The van der Waals surface area contributed by atoms with Crippen LogP contribution in [0.4, 0.5) is 0 Å². The molecule has 1 rings (SSSR count). The molecule has 124 valence electrons. The van der Waals surface area contributed by atoms with Crippen LogP contribution in [0.5, 0.6) is 0 Å². The summed E-state index contributed by atoms with van der Waals surface area (Å²) in [5.74, 6) is 2.17. The summed E-state index contributed by atoms with van der Waals surface area (Å²) in [6, 6.07) is -0.731. The van der Waals surface area contributed by atoms with Gasteiger partial charge >= 0.3 is 0 Å². The molecule has 2 amide bonds. The quantitative estimate of drug-likeness (QED) is 0.606. The lowest BCUT2D eigenvalue weighted by atomic mass is 10.1. The number of carbonyl (C=O) groups excluding carboxylic acids is 2. The van der Waals surface area contributed by atoms with E-state index in [9.17, 15) is 9.59 Å². The maximum Gasteiger partial charge on any atom is 0.240 e. The Hall–Kier alpha value is -1.32. The molecule has 0 radical (unpaired) electrons. The van der Waals surface area contributed by atoms with Gasteiger partial charge in [-0.25, -0.2) is 0 Å². The molecule has 2 atom stereocenters. The molecule has 0 aliphatic carbocycles. The van der Waals surface area contributed by atoms with Crippen LogP contribution in [0.15, 0.2) is 0 Å². The van der Waals surface area contributed by atoms with Crippen molar-refractivity contribution in [2.75, 3.05) is 13.2 Å². The van der Waals surface area contributed by atoms with E-state index in [0.29, 0.717) is 19.6 Å². The first-order chi connectivity index (χ1) is 10.0. The van der Waals surface area contributed by atoms with Gasteiger partial charge in [0.05, 0.1) is 12.5 Å². The highest BCUT2D eigenvalue weighted by atomic mass is 28.3. The lowest BCUT2D eigenvalue weighted by Gasteiger charge is -2.31. The second-order valence-electron chi connectivity index (χ2n) is 7.40. The molecule has 1 heterocycles. The minimum absolute atomic E-state index is 0.159. The molecule has 6 heteroatoms. The van der Waals surface area contributed by atoms with E-state index in [4.69, 9.17) is 10.5 Å². The molecule has 0 aromatic heterocycles. The first-order valence-electron chi connectivity index (χ1n) is 7.72. The number of hydrogen-bond donors (Lipinski definition) is 2. The average Bonchev–Trinajstić information content (AvgIpc) is 2.89. The second kappa shape index (κ2) is 7.29. The number of primary amides is 1. The van der Waals surface area contributed by atoms with Gasteiger partial charge in [0.25, 0.3) is 0 Å². The van der Waals surface area contributed by atoms with Crippen LogP contribution in [0.25, 0.3) is 0 Å². The van der Waals surface area contributed by atoms with Crippen LogP contribution in [0.1, 0.15) is 33.6 Å². The topological polar surface area (TPSA) is 81.4 Å². The molecule has 0 saturated carbocycles. The highest BCUT2D eigenvalue weighted by molar-refractivity contribution is 6.87. The Morgan fingerprint density at radius 3 is 2.50 bits per heavy atom. The SMILES string of the molecule is CC(C)(C)[Si](C)(C)C#CC[C@@H](NC(=O)[C@H]1CCOC1)C(N)=O. The van der Waals surface area contributed by atoms with Gasteiger partial charge in [-0.15, -0.1) is 11.5 Å². The van der Waals surface area contributed by atoms with E-state index in [1.54, 1.807) is 0 Å². The van der Waals surface area contributed by atoms with E-state index in [1.807, 2.05) is 0 Å². The largest absolute Gasteiger partial charge is 0.381 e. The van der Waals surface area contributed by atoms with Crippen LogP contribution in [0.3, 0.4) is 0 Å². The molecule has 0 bridgehead atoms. The molecule has 1 aliphatic heterocycles. The summed E-state index contributed by atoms with van der Waals surface area (Å²) < 4.78 is 5.18. The van der Waals surface area contributed by atoms with Crippen molar-refractivity contribution in [2.24, 2.45) is 11.7 Å². The van der Waals surface area contributed by atoms with Crippen molar-refractivity contribution in [2.45, 2.75) is 57.8 Å². The van der Waals surface area contributed by atoms with Crippen LogP contribution in [-0.2, 0) is 14.3 Å². The Kier molecular flexibility index (Phi) is 6.21. The molecule has 0 unspecified atom stereocenters. The lowest BCUT2D eigenvalue weighted by molar-refractivity contribution is -0.129. The van der Waals surface area contributed by atoms with Gasteiger partial charge in [0.15, 0.2) is 0 Å². The molecule has 1 fully saturated rings. The molecular weight excluding hydrogens is 296 g/mol. The van der Waals surface area contributed by atoms with Gasteiger partial charge in [-0.1, -0.05) is 33.9 Å². The van der Waals surface area contributed by atoms with E-state index in [2.05, 4.69) is 50.6 Å². The predicted octanol–water partition coefficient (Wildman–Crippen LogP) is 1.43. The Bertz CT molecular complexity index is 480. The summed E-state index contributed by atoms with van der Waals surface area (Å²) in [5, 5.41) is 2.86. The van der Waals surface area contributed by atoms with Gasteiger partial charge in [0.2, 0.25) is 11.8 Å². The van der Waals surface area contributed by atoms with Crippen molar-refractivity contribution in [3.63, 3.8) is 0 Å². The van der Waals surface area contributed by atoms with Crippen LogP contribution >= 0.6 is 0 Å². The molecule has 1 aliphatic rings. The van der Waals surface area contributed by atoms with E-state index in [-0.39, 0.29) is 23.3 Å². The Balaban J connectivity index is 2.66. The Morgan fingerprint density at radius 2 is 2.05 bits per heavy atom. The zero-order valence-corrected chi connectivity index (χ0v) is 15.3. The average molecular weight is 324 g/mol. The maximum atomic E-state index is 12.0. The van der Waals surface area contributed by atoms with E-state index >= 15 is 0 Å².